The molecule has 0 aromatic heterocycles. The Morgan fingerprint density at radius 3 is 2.58 bits per heavy atom. The van der Waals surface area contributed by atoms with Gasteiger partial charge in [-0.15, -0.1) is 6.58 Å². The van der Waals surface area contributed by atoms with Gasteiger partial charge in [-0.1, -0.05) is 43.3 Å². The first-order chi connectivity index (χ1) is 9.15. The number of likely N-dealkylation sites (tertiary alicyclic amines) is 1. The van der Waals surface area contributed by atoms with Crippen molar-refractivity contribution in [3.8, 4) is 0 Å². The quantitative estimate of drug-likeness (QED) is 0.614. The Hall–Kier alpha value is -1.90. The summed E-state index contributed by atoms with van der Waals surface area (Å²) >= 11 is 0. The molecule has 1 aromatic rings. The summed E-state index contributed by atoms with van der Waals surface area (Å²) in [4.78, 5) is 26.0. The monoisotopic (exact) mass is 257 g/mol. The fourth-order valence-corrected chi connectivity index (χ4v) is 2.80. The lowest BCUT2D eigenvalue weighted by Crippen LogP contribution is -2.53. The first-order valence-electron chi connectivity index (χ1n) is 6.67. The maximum Gasteiger partial charge on any atom is 0.240 e. The number of hydrogen-bond donors (Lipinski definition) is 0. The molecule has 1 fully saturated rings. The number of rotatable bonds is 4. The van der Waals surface area contributed by atoms with Crippen molar-refractivity contribution in [2.24, 2.45) is 0 Å². The Morgan fingerprint density at radius 2 is 2.00 bits per heavy atom. The number of benzene rings is 1. The zero-order chi connectivity index (χ0) is 13.9. The third-order valence-corrected chi connectivity index (χ3v) is 3.96. The molecule has 2 rings (SSSR count). The summed E-state index contributed by atoms with van der Waals surface area (Å²) in [6, 6.07) is 9.77. The van der Waals surface area contributed by atoms with Crippen LogP contribution in [0.4, 0.5) is 0 Å². The van der Waals surface area contributed by atoms with E-state index in [-0.39, 0.29) is 11.8 Å². The number of imide groups is 1. The third kappa shape index (κ3) is 2.21. The summed E-state index contributed by atoms with van der Waals surface area (Å²) in [5, 5.41) is 0. The van der Waals surface area contributed by atoms with Crippen molar-refractivity contribution in [2.75, 3.05) is 6.54 Å². The predicted octanol–water partition coefficient (Wildman–Crippen LogP) is 2.67. The van der Waals surface area contributed by atoms with Crippen molar-refractivity contribution >= 4 is 11.8 Å². The summed E-state index contributed by atoms with van der Waals surface area (Å²) in [6.45, 7) is 5.93. The second-order valence-electron chi connectivity index (χ2n) is 4.90. The van der Waals surface area contributed by atoms with E-state index in [0.29, 0.717) is 25.8 Å². The van der Waals surface area contributed by atoms with Crippen LogP contribution in [0.15, 0.2) is 43.0 Å². The molecule has 19 heavy (non-hydrogen) atoms. The molecule has 1 atom stereocenters. The van der Waals surface area contributed by atoms with Gasteiger partial charge in [0.05, 0.1) is 5.41 Å². The van der Waals surface area contributed by atoms with E-state index >= 15 is 0 Å². The molecule has 1 aromatic carbocycles. The van der Waals surface area contributed by atoms with E-state index in [4.69, 9.17) is 0 Å². The fraction of sp³-hybridized carbons (Fsp3) is 0.375. The van der Waals surface area contributed by atoms with Gasteiger partial charge in [0.25, 0.3) is 0 Å². The summed E-state index contributed by atoms with van der Waals surface area (Å²) < 4.78 is 0. The minimum absolute atomic E-state index is 0.0858. The lowest BCUT2D eigenvalue weighted by atomic mass is 9.71. The number of carbonyl (C=O) groups is 2. The average Bonchev–Trinajstić information content (AvgIpc) is 2.45. The number of piperidine rings is 1. The Labute approximate surface area is 113 Å². The van der Waals surface area contributed by atoms with Crippen molar-refractivity contribution in [1.82, 2.24) is 4.90 Å². The van der Waals surface area contributed by atoms with Gasteiger partial charge in [0.1, 0.15) is 0 Å². The molecule has 0 N–H and O–H groups in total. The smallest absolute Gasteiger partial charge is 0.240 e. The van der Waals surface area contributed by atoms with Gasteiger partial charge in [-0.05, 0) is 18.4 Å². The molecule has 1 aliphatic heterocycles. The highest BCUT2D eigenvalue weighted by atomic mass is 16.2. The molecule has 0 saturated carbocycles. The molecule has 1 heterocycles. The molecular weight excluding hydrogens is 238 g/mol. The van der Waals surface area contributed by atoms with Crippen LogP contribution in [0.25, 0.3) is 0 Å². The lowest BCUT2D eigenvalue weighted by Gasteiger charge is -2.40. The van der Waals surface area contributed by atoms with Crippen LogP contribution < -0.4 is 0 Å². The standard InChI is InChI=1S/C16H19NO2/c1-3-12-17-14(18)10-11-16(4-2,15(17)19)13-8-6-5-7-9-13/h3,5-9H,1,4,10-12H2,2H3. The van der Waals surface area contributed by atoms with Crippen LogP contribution in [0.5, 0.6) is 0 Å². The molecule has 1 saturated heterocycles. The topological polar surface area (TPSA) is 37.4 Å². The highest BCUT2D eigenvalue weighted by molar-refractivity contribution is 6.03. The van der Waals surface area contributed by atoms with E-state index < -0.39 is 5.41 Å². The van der Waals surface area contributed by atoms with Crippen molar-refractivity contribution in [3.63, 3.8) is 0 Å². The second-order valence-corrected chi connectivity index (χ2v) is 4.90. The maximum atomic E-state index is 12.7. The van der Waals surface area contributed by atoms with Gasteiger partial charge in [0, 0.05) is 13.0 Å². The van der Waals surface area contributed by atoms with Crippen LogP contribution in [-0.2, 0) is 15.0 Å². The van der Waals surface area contributed by atoms with Crippen molar-refractivity contribution in [2.45, 2.75) is 31.6 Å². The van der Waals surface area contributed by atoms with Crippen LogP contribution in [0.2, 0.25) is 0 Å². The van der Waals surface area contributed by atoms with E-state index in [1.54, 1.807) is 6.08 Å². The summed E-state index contributed by atoms with van der Waals surface area (Å²) in [6.07, 6.45) is 3.32. The second kappa shape index (κ2) is 5.39. The van der Waals surface area contributed by atoms with E-state index in [9.17, 15) is 9.59 Å². The molecule has 1 aliphatic rings. The largest absolute Gasteiger partial charge is 0.278 e. The van der Waals surface area contributed by atoms with E-state index in [1.807, 2.05) is 37.3 Å². The van der Waals surface area contributed by atoms with Gasteiger partial charge in [0.2, 0.25) is 11.8 Å². The highest BCUT2D eigenvalue weighted by Gasteiger charge is 2.46. The molecule has 0 bridgehead atoms. The van der Waals surface area contributed by atoms with Crippen LogP contribution in [0.1, 0.15) is 31.7 Å². The SMILES string of the molecule is C=CCN1C(=O)CCC(CC)(c2ccccc2)C1=O. The Balaban J connectivity index is 2.43. The first kappa shape index (κ1) is 13.5. The molecule has 1 unspecified atom stereocenters. The van der Waals surface area contributed by atoms with E-state index in [2.05, 4.69) is 6.58 Å². The molecule has 0 aliphatic carbocycles. The minimum Gasteiger partial charge on any atom is -0.278 e. The Kier molecular flexibility index (Phi) is 3.84. The van der Waals surface area contributed by atoms with Gasteiger partial charge in [-0.2, -0.15) is 0 Å². The number of hydrogen-bond acceptors (Lipinski definition) is 2. The Morgan fingerprint density at radius 1 is 1.32 bits per heavy atom. The molecule has 100 valence electrons. The Bertz CT molecular complexity index is 495. The number of nitrogens with zero attached hydrogens (tertiary/aromatic N) is 1. The summed E-state index contributed by atoms with van der Waals surface area (Å²) in [5.41, 5.74) is 0.446. The molecule has 3 nitrogen and oxygen atoms in total. The fourth-order valence-electron chi connectivity index (χ4n) is 2.80. The minimum atomic E-state index is -0.557. The first-order valence-corrected chi connectivity index (χ1v) is 6.67. The predicted molar refractivity (Wildman–Crippen MR) is 74.6 cm³/mol. The maximum absolute atomic E-state index is 12.7. The third-order valence-electron chi connectivity index (χ3n) is 3.96. The normalized spacial score (nSPS) is 23.5. The van der Waals surface area contributed by atoms with Crippen molar-refractivity contribution in [1.29, 1.82) is 0 Å². The summed E-state index contributed by atoms with van der Waals surface area (Å²) in [7, 11) is 0. The van der Waals surface area contributed by atoms with Crippen LogP contribution in [-0.4, -0.2) is 23.3 Å². The number of amides is 2. The number of carbonyl (C=O) groups excluding carboxylic acids is 2. The van der Waals surface area contributed by atoms with Gasteiger partial charge in [-0.25, -0.2) is 0 Å². The van der Waals surface area contributed by atoms with Crippen molar-refractivity contribution < 1.29 is 9.59 Å². The lowest BCUT2D eigenvalue weighted by molar-refractivity contribution is -0.152. The summed E-state index contributed by atoms with van der Waals surface area (Å²) in [5.74, 6) is -0.178. The van der Waals surface area contributed by atoms with Gasteiger partial charge in [0.15, 0.2) is 0 Å². The molecule has 3 heteroatoms. The molecule has 0 spiro atoms. The van der Waals surface area contributed by atoms with Crippen LogP contribution >= 0.6 is 0 Å². The van der Waals surface area contributed by atoms with Crippen LogP contribution in [0, 0.1) is 0 Å². The van der Waals surface area contributed by atoms with E-state index in [0.717, 1.165) is 5.56 Å². The zero-order valence-electron chi connectivity index (χ0n) is 11.3. The highest BCUT2D eigenvalue weighted by Crippen LogP contribution is 2.38. The molecular formula is C16H19NO2. The zero-order valence-corrected chi connectivity index (χ0v) is 11.3. The molecule has 0 radical (unpaired) electrons. The van der Waals surface area contributed by atoms with Gasteiger partial charge < -0.3 is 0 Å². The molecule has 2 amide bonds. The average molecular weight is 257 g/mol. The van der Waals surface area contributed by atoms with E-state index in [1.165, 1.54) is 4.90 Å². The van der Waals surface area contributed by atoms with Crippen molar-refractivity contribution in [3.05, 3.63) is 48.6 Å². The van der Waals surface area contributed by atoms with Gasteiger partial charge in [-0.3, -0.25) is 14.5 Å². The van der Waals surface area contributed by atoms with Crippen LogP contribution in [0.3, 0.4) is 0 Å². The van der Waals surface area contributed by atoms with Gasteiger partial charge >= 0.3 is 0 Å².